The fourth-order valence-corrected chi connectivity index (χ4v) is 1.81. The molecule has 4 nitrogen and oxygen atoms in total. The number of hydrogen-bond donors (Lipinski definition) is 2. The van der Waals surface area contributed by atoms with Gasteiger partial charge in [0.15, 0.2) is 0 Å². The molecule has 0 fully saturated rings. The number of ether oxygens (including phenoxy) is 1. The van der Waals surface area contributed by atoms with Crippen molar-refractivity contribution < 1.29 is 4.74 Å². The standard InChI is InChI=1S/C13H12ClN3O/c1-18-12-5-4-11(14)10(7-15)13(12)17-9-3-2-6-16-8-9/h2-8,15,17H,1H3. The van der Waals surface area contributed by atoms with Gasteiger partial charge in [0, 0.05) is 18.0 Å². The van der Waals surface area contributed by atoms with Crippen LogP contribution in [0.4, 0.5) is 11.4 Å². The van der Waals surface area contributed by atoms with Crippen LogP contribution in [0, 0.1) is 5.41 Å². The number of anilines is 2. The molecule has 0 aliphatic carbocycles. The van der Waals surface area contributed by atoms with E-state index in [2.05, 4.69) is 10.3 Å². The summed E-state index contributed by atoms with van der Waals surface area (Å²) in [7, 11) is 1.57. The van der Waals surface area contributed by atoms with Crippen molar-refractivity contribution in [1.29, 1.82) is 5.41 Å². The van der Waals surface area contributed by atoms with E-state index in [1.807, 2.05) is 12.1 Å². The molecule has 92 valence electrons. The zero-order chi connectivity index (χ0) is 13.0. The lowest BCUT2D eigenvalue weighted by Gasteiger charge is -2.14. The number of hydrogen-bond acceptors (Lipinski definition) is 4. The Labute approximate surface area is 110 Å². The molecule has 0 amide bonds. The predicted molar refractivity (Wildman–Crippen MR) is 73.4 cm³/mol. The lowest BCUT2D eigenvalue weighted by molar-refractivity contribution is 0.417. The van der Waals surface area contributed by atoms with Crippen LogP contribution in [0.15, 0.2) is 36.7 Å². The van der Waals surface area contributed by atoms with Gasteiger partial charge >= 0.3 is 0 Å². The highest BCUT2D eigenvalue weighted by molar-refractivity contribution is 6.33. The zero-order valence-corrected chi connectivity index (χ0v) is 10.5. The van der Waals surface area contributed by atoms with E-state index in [9.17, 15) is 0 Å². The van der Waals surface area contributed by atoms with E-state index in [0.717, 1.165) is 5.69 Å². The number of nitrogens with one attached hydrogen (secondary N) is 2. The Kier molecular flexibility index (Phi) is 3.79. The highest BCUT2D eigenvalue weighted by Gasteiger charge is 2.11. The summed E-state index contributed by atoms with van der Waals surface area (Å²) in [5, 5.41) is 11.1. The van der Waals surface area contributed by atoms with Gasteiger partial charge in [0.2, 0.25) is 0 Å². The van der Waals surface area contributed by atoms with Crippen molar-refractivity contribution in [2.75, 3.05) is 12.4 Å². The summed E-state index contributed by atoms with van der Waals surface area (Å²) < 4.78 is 5.27. The number of nitrogens with zero attached hydrogens (tertiary/aromatic N) is 1. The maximum absolute atomic E-state index is 7.44. The Morgan fingerprint density at radius 3 is 2.83 bits per heavy atom. The zero-order valence-electron chi connectivity index (χ0n) is 9.77. The van der Waals surface area contributed by atoms with E-state index in [-0.39, 0.29) is 0 Å². The molecule has 0 saturated carbocycles. The second-order valence-electron chi connectivity index (χ2n) is 3.55. The molecule has 0 unspecified atom stereocenters. The SMILES string of the molecule is COc1ccc(Cl)c(C=N)c1Nc1cccnc1. The lowest BCUT2D eigenvalue weighted by atomic mass is 10.1. The molecule has 18 heavy (non-hydrogen) atoms. The summed E-state index contributed by atoms with van der Waals surface area (Å²) >= 11 is 6.06. The van der Waals surface area contributed by atoms with Crippen molar-refractivity contribution in [3.8, 4) is 5.75 Å². The van der Waals surface area contributed by atoms with Gasteiger partial charge in [-0.25, -0.2) is 0 Å². The fourth-order valence-electron chi connectivity index (χ4n) is 1.60. The monoisotopic (exact) mass is 261 g/mol. The van der Waals surface area contributed by atoms with Crippen LogP contribution in [-0.2, 0) is 0 Å². The van der Waals surface area contributed by atoms with Crippen LogP contribution in [0.1, 0.15) is 5.56 Å². The maximum atomic E-state index is 7.44. The Hall–Kier alpha value is -2.07. The molecular weight excluding hydrogens is 250 g/mol. The summed E-state index contributed by atoms with van der Waals surface area (Å²) in [6.45, 7) is 0. The highest BCUT2D eigenvalue weighted by Crippen LogP contribution is 2.34. The fraction of sp³-hybridized carbons (Fsp3) is 0.0769. The second-order valence-corrected chi connectivity index (χ2v) is 3.96. The first-order valence-corrected chi connectivity index (χ1v) is 5.68. The molecule has 5 heteroatoms. The number of methoxy groups -OCH3 is 1. The molecule has 0 aliphatic heterocycles. The number of halogens is 1. The molecule has 1 aromatic heterocycles. The van der Waals surface area contributed by atoms with Crippen molar-refractivity contribution >= 4 is 29.2 Å². The molecule has 2 N–H and O–H groups in total. The third-order valence-corrected chi connectivity index (χ3v) is 2.78. The molecule has 2 aromatic rings. The third kappa shape index (κ3) is 2.43. The van der Waals surface area contributed by atoms with Crippen LogP contribution in [0.5, 0.6) is 5.75 Å². The topological polar surface area (TPSA) is 58.0 Å². The molecule has 1 aromatic carbocycles. The molecule has 1 heterocycles. The van der Waals surface area contributed by atoms with Crippen LogP contribution < -0.4 is 10.1 Å². The minimum atomic E-state index is 0.497. The minimum Gasteiger partial charge on any atom is -0.495 e. The number of benzene rings is 1. The van der Waals surface area contributed by atoms with Gasteiger partial charge in [-0.2, -0.15) is 0 Å². The molecule has 0 aliphatic rings. The molecule has 0 bridgehead atoms. The Balaban J connectivity index is 2.48. The highest BCUT2D eigenvalue weighted by atomic mass is 35.5. The van der Waals surface area contributed by atoms with Crippen molar-refractivity contribution in [2.24, 2.45) is 0 Å². The van der Waals surface area contributed by atoms with E-state index >= 15 is 0 Å². The van der Waals surface area contributed by atoms with Gasteiger partial charge in [0.1, 0.15) is 5.75 Å². The average Bonchev–Trinajstić information content (AvgIpc) is 2.40. The van der Waals surface area contributed by atoms with Crippen LogP contribution in [0.2, 0.25) is 5.02 Å². The van der Waals surface area contributed by atoms with Gasteiger partial charge in [-0.15, -0.1) is 0 Å². The Bertz CT molecular complexity index is 558. The van der Waals surface area contributed by atoms with Crippen molar-refractivity contribution in [3.05, 3.63) is 47.2 Å². The molecule has 0 spiro atoms. The van der Waals surface area contributed by atoms with Gasteiger partial charge in [-0.05, 0) is 24.3 Å². The Morgan fingerprint density at radius 2 is 2.22 bits per heavy atom. The molecular formula is C13H12ClN3O. The smallest absolute Gasteiger partial charge is 0.143 e. The van der Waals surface area contributed by atoms with Crippen molar-refractivity contribution in [1.82, 2.24) is 4.98 Å². The number of rotatable bonds is 4. The predicted octanol–water partition coefficient (Wildman–Crippen LogP) is 3.48. The average molecular weight is 262 g/mol. The van der Waals surface area contributed by atoms with E-state index in [1.54, 1.807) is 31.6 Å². The third-order valence-electron chi connectivity index (χ3n) is 2.45. The van der Waals surface area contributed by atoms with E-state index < -0.39 is 0 Å². The van der Waals surface area contributed by atoms with E-state index in [0.29, 0.717) is 22.0 Å². The Morgan fingerprint density at radius 1 is 1.39 bits per heavy atom. The number of pyridine rings is 1. The van der Waals surface area contributed by atoms with Gasteiger partial charge < -0.3 is 15.5 Å². The largest absolute Gasteiger partial charge is 0.495 e. The lowest BCUT2D eigenvalue weighted by Crippen LogP contribution is -2.00. The van der Waals surface area contributed by atoms with Crippen LogP contribution in [0.3, 0.4) is 0 Å². The van der Waals surface area contributed by atoms with Crippen LogP contribution >= 0.6 is 11.6 Å². The minimum absolute atomic E-state index is 0.497. The quantitative estimate of drug-likeness (QED) is 0.829. The summed E-state index contributed by atoms with van der Waals surface area (Å²) in [5.41, 5.74) is 2.05. The van der Waals surface area contributed by atoms with Crippen LogP contribution in [0.25, 0.3) is 0 Å². The molecule has 0 atom stereocenters. The van der Waals surface area contributed by atoms with Gasteiger partial charge in [0.05, 0.1) is 29.7 Å². The summed E-state index contributed by atoms with van der Waals surface area (Å²) in [6, 6.07) is 7.16. The second kappa shape index (κ2) is 5.51. The first kappa shape index (κ1) is 12.4. The van der Waals surface area contributed by atoms with E-state index in [1.165, 1.54) is 6.21 Å². The number of aromatic nitrogens is 1. The normalized spacial score (nSPS) is 9.89. The summed E-state index contributed by atoms with van der Waals surface area (Å²) in [6.07, 6.45) is 4.58. The molecule has 0 saturated heterocycles. The molecule has 2 rings (SSSR count). The first-order chi connectivity index (χ1) is 8.76. The van der Waals surface area contributed by atoms with Crippen molar-refractivity contribution in [3.63, 3.8) is 0 Å². The van der Waals surface area contributed by atoms with Gasteiger partial charge in [-0.3, -0.25) is 4.98 Å². The van der Waals surface area contributed by atoms with Crippen molar-refractivity contribution in [2.45, 2.75) is 0 Å². The molecule has 0 radical (unpaired) electrons. The van der Waals surface area contributed by atoms with Crippen LogP contribution in [-0.4, -0.2) is 18.3 Å². The summed E-state index contributed by atoms with van der Waals surface area (Å²) in [5.74, 6) is 0.627. The maximum Gasteiger partial charge on any atom is 0.143 e. The van der Waals surface area contributed by atoms with Gasteiger partial charge in [-0.1, -0.05) is 11.6 Å². The first-order valence-electron chi connectivity index (χ1n) is 5.30. The van der Waals surface area contributed by atoms with E-state index in [4.69, 9.17) is 21.7 Å². The summed E-state index contributed by atoms with van der Waals surface area (Å²) in [4.78, 5) is 4.02. The van der Waals surface area contributed by atoms with Gasteiger partial charge in [0.25, 0.3) is 0 Å².